The van der Waals surface area contributed by atoms with Gasteiger partial charge in [0.15, 0.2) is 0 Å². The van der Waals surface area contributed by atoms with E-state index in [1.165, 1.54) is 4.52 Å². The highest BCUT2D eigenvalue weighted by Crippen LogP contribution is 2.21. The van der Waals surface area contributed by atoms with Crippen molar-refractivity contribution in [2.75, 3.05) is 0 Å². The van der Waals surface area contributed by atoms with Crippen LogP contribution in [-0.2, 0) is 0 Å². The second kappa shape index (κ2) is 2.76. The molecule has 72 valence electrons. The van der Waals surface area contributed by atoms with Gasteiger partial charge in [-0.3, -0.25) is 10.1 Å². The fourth-order valence-corrected chi connectivity index (χ4v) is 1.34. The minimum atomic E-state index is -0.458. The number of aromatic nitrogens is 3. The van der Waals surface area contributed by atoms with Gasteiger partial charge >= 0.3 is 5.69 Å². The van der Waals surface area contributed by atoms with E-state index in [4.69, 9.17) is 0 Å². The zero-order valence-corrected chi connectivity index (χ0v) is 7.76. The molecule has 0 aromatic carbocycles. The maximum Gasteiger partial charge on any atom is 0.336 e. The summed E-state index contributed by atoms with van der Waals surface area (Å²) in [5.41, 5.74) is 1.56. The molecule has 0 amide bonds. The van der Waals surface area contributed by atoms with E-state index in [0.29, 0.717) is 5.69 Å². The maximum absolute atomic E-state index is 10.7. The zero-order valence-electron chi connectivity index (χ0n) is 7.76. The van der Waals surface area contributed by atoms with Crippen molar-refractivity contribution in [2.45, 2.75) is 13.8 Å². The van der Waals surface area contributed by atoms with Crippen molar-refractivity contribution in [1.29, 1.82) is 0 Å². The van der Waals surface area contributed by atoms with Crippen LogP contribution in [0.3, 0.4) is 0 Å². The van der Waals surface area contributed by atoms with Gasteiger partial charge in [0.05, 0.1) is 4.92 Å². The van der Waals surface area contributed by atoms with E-state index in [0.717, 1.165) is 5.56 Å². The molecular formula is C8H8N4O2. The van der Waals surface area contributed by atoms with Crippen LogP contribution >= 0.6 is 0 Å². The van der Waals surface area contributed by atoms with E-state index in [-0.39, 0.29) is 11.3 Å². The lowest BCUT2D eigenvalue weighted by molar-refractivity contribution is -0.383. The van der Waals surface area contributed by atoms with Crippen LogP contribution in [0.5, 0.6) is 0 Å². The minimum Gasteiger partial charge on any atom is -0.258 e. The van der Waals surface area contributed by atoms with Crippen LogP contribution in [0.1, 0.15) is 11.3 Å². The zero-order chi connectivity index (χ0) is 10.3. The number of rotatable bonds is 1. The Morgan fingerprint density at radius 2 is 2.21 bits per heavy atom. The summed E-state index contributed by atoms with van der Waals surface area (Å²) in [5, 5.41) is 14.7. The molecule has 0 bridgehead atoms. The van der Waals surface area contributed by atoms with E-state index in [1.54, 1.807) is 19.3 Å². The lowest BCUT2D eigenvalue weighted by Crippen LogP contribution is -1.93. The van der Waals surface area contributed by atoms with Crippen LogP contribution in [0.15, 0.2) is 12.4 Å². The number of fused-ring (bicyclic) bond motifs is 1. The van der Waals surface area contributed by atoms with Crippen molar-refractivity contribution in [1.82, 2.24) is 14.6 Å². The first-order valence-corrected chi connectivity index (χ1v) is 4.05. The molecule has 6 heteroatoms. The molecule has 0 radical (unpaired) electrons. The van der Waals surface area contributed by atoms with E-state index < -0.39 is 4.92 Å². The summed E-state index contributed by atoms with van der Waals surface area (Å²) >= 11 is 0. The Kier molecular flexibility index (Phi) is 1.70. The fourth-order valence-electron chi connectivity index (χ4n) is 1.34. The average molecular weight is 192 g/mol. The molecular weight excluding hydrogens is 184 g/mol. The summed E-state index contributed by atoms with van der Waals surface area (Å²) in [5.74, 6) is 0. The third-order valence-electron chi connectivity index (χ3n) is 1.93. The van der Waals surface area contributed by atoms with Gasteiger partial charge in [0.25, 0.3) is 0 Å². The predicted molar refractivity (Wildman–Crippen MR) is 49.1 cm³/mol. The summed E-state index contributed by atoms with van der Waals surface area (Å²) in [4.78, 5) is 14.2. The largest absolute Gasteiger partial charge is 0.336 e. The van der Waals surface area contributed by atoms with Crippen molar-refractivity contribution in [3.8, 4) is 0 Å². The van der Waals surface area contributed by atoms with Crippen LogP contribution in [0.2, 0.25) is 0 Å². The monoisotopic (exact) mass is 192 g/mol. The van der Waals surface area contributed by atoms with Crippen molar-refractivity contribution in [3.05, 3.63) is 33.8 Å². The van der Waals surface area contributed by atoms with Crippen LogP contribution in [-0.4, -0.2) is 19.5 Å². The summed E-state index contributed by atoms with van der Waals surface area (Å²) in [6.07, 6.45) is 3.30. The van der Waals surface area contributed by atoms with Crippen molar-refractivity contribution in [2.24, 2.45) is 0 Å². The Balaban J connectivity index is 2.84. The molecule has 0 aliphatic rings. The molecule has 0 unspecified atom stereocenters. The number of nitro groups is 1. The topological polar surface area (TPSA) is 73.3 Å². The molecule has 0 saturated heterocycles. The molecule has 2 aromatic rings. The van der Waals surface area contributed by atoms with Gasteiger partial charge in [-0.25, -0.2) is 9.50 Å². The summed E-state index contributed by atoms with van der Waals surface area (Å²) in [6.45, 7) is 3.46. The summed E-state index contributed by atoms with van der Waals surface area (Å²) in [7, 11) is 0. The van der Waals surface area contributed by atoms with E-state index in [2.05, 4.69) is 10.1 Å². The molecule has 0 N–H and O–H groups in total. The first kappa shape index (κ1) is 8.61. The Morgan fingerprint density at radius 3 is 2.86 bits per heavy atom. The number of aryl methyl sites for hydroxylation is 2. The minimum absolute atomic E-state index is 0.0231. The normalized spacial score (nSPS) is 10.7. The summed E-state index contributed by atoms with van der Waals surface area (Å²) < 4.78 is 1.43. The summed E-state index contributed by atoms with van der Waals surface area (Å²) in [6, 6.07) is 0. The third kappa shape index (κ3) is 1.12. The van der Waals surface area contributed by atoms with Crippen LogP contribution in [0, 0.1) is 24.0 Å². The Hall–Kier alpha value is -1.98. The molecule has 6 nitrogen and oxygen atoms in total. The Morgan fingerprint density at radius 1 is 1.50 bits per heavy atom. The van der Waals surface area contributed by atoms with Gasteiger partial charge < -0.3 is 0 Å². The molecule has 0 aliphatic heterocycles. The second-order valence-corrected chi connectivity index (χ2v) is 3.09. The standard InChI is InChI=1S/C8H8N4O2/c1-5-3-9-8-7(12(13)14)6(2)10-11(8)4-5/h3-4H,1-2H3. The van der Waals surface area contributed by atoms with Crippen molar-refractivity contribution in [3.63, 3.8) is 0 Å². The molecule has 0 spiro atoms. The fraction of sp³-hybridized carbons (Fsp3) is 0.250. The highest BCUT2D eigenvalue weighted by Gasteiger charge is 2.20. The molecule has 0 fully saturated rings. The van der Waals surface area contributed by atoms with Crippen LogP contribution < -0.4 is 0 Å². The molecule has 2 aromatic heterocycles. The average Bonchev–Trinajstić information content (AvgIpc) is 2.39. The Bertz CT molecular complexity index is 517. The molecule has 0 atom stereocenters. The highest BCUT2D eigenvalue weighted by atomic mass is 16.6. The molecule has 0 aliphatic carbocycles. The van der Waals surface area contributed by atoms with Crippen LogP contribution in [0.25, 0.3) is 5.65 Å². The van der Waals surface area contributed by atoms with Crippen molar-refractivity contribution < 1.29 is 4.92 Å². The van der Waals surface area contributed by atoms with Gasteiger partial charge in [-0.05, 0) is 19.4 Å². The van der Waals surface area contributed by atoms with E-state index in [1.807, 2.05) is 6.92 Å². The first-order chi connectivity index (χ1) is 6.59. The van der Waals surface area contributed by atoms with Gasteiger partial charge in [0.2, 0.25) is 5.65 Å². The van der Waals surface area contributed by atoms with Gasteiger partial charge in [-0.2, -0.15) is 5.10 Å². The molecule has 2 heterocycles. The SMILES string of the molecule is Cc1cnc2c([N+](=O)[O-])c(C)nn2c1. The first-order valence-electron chi connectivity index (χ1n) is 4.05. The number of hydrogen-bond donors (Lipinski definition) is 0. The van der Waals surface area contributed by atoms with E-state index in [9.17, 15) is 10.1 Å². The Labute approximate surface area is 79.3 Å². The second-order valence-electron chi connectivity index (χ2n) is 3.09. The van der Waals surface area contributed by atoms with Gasteiger partial charge in [0.1, 0.15) is 5.69 Å². The lowest BCUT2D eigenvalue weighted by atomic mass is 10.4. The van der Waals surface area contributed by atoms with Crippen LogP contribution in [0.4, 0.5) is 5.69 Å². The van der Waals surface area contributed by atoms with Gasteiger partial charge in [0, 0.05) is 12.4 Å². The predicted octanol–water partition coefficient (Wildman–Crippen LogP) is 1.25. The molecule has 2 rings (SSSR count). The third-order valence-corrected chi connectivity index (χ3v) is 1.93. The highest BCUT2D eigenvalue weighted by molar-refractivity contribution is 5.61. The molecule has 0 saturated carbocycles. The van der Waals surface area contributed by atoms with E-state index >= 15 is 0 Å². The van der Waals surface area contributed by atoms with Gasteiger partial charge in [-0.15, -0.1) is 0 Å². The maximum atomic E-state index is 10.7. The number of nitrogens with zero attached hydrogens (tertiary/aromatic N) is 4. The van der Waals surface area contributed by atoms with Gasteiger partial charge in [-0.1, -0.05) is 0 Å². The molecule has 14 heavy (non-hydrogen) atoms. The lowest BCUT2D eigenvalue weighted by Gasteiger charge is -1.92. The number of hydrogen-bond acceptors (Lipinski definition) is 4. The van der Waals surface area contributed by atoms with Crippen molar-refractivity contribution >= 4 is 11.3 Å². The quantitative estimate of drug-likeness (QED) is 0.503. The smallest absolute Gasteiger partial charge is 0.258 e.